The topological polar surface area (TPSA) is 17.1 Å². The van der Waals surface area contributed by atoms with Crippen LogP contribution in [0.3, 0.4) is 0 Å². The molecule has 0 heterocycles. The summed E-state index contributed by atoms with van der Waals surface area (Å²) < 4.78 is 0. The van der Waals surface area contributed by atoms with E-state index < -0.39 is 0 Å². The number of ketones is 1. The molecule has 0 aliphatic rings. The standard InChI is InChI=1S/C10H20O.C4H9.C3H7.CH3.W.Y/c1-8(2)5-6-10(11)7-9(3)4;1-4(2)3;1-3-2;;;/h8-9H,5-7H2,1-4H3;4H,1H2,2-3H3;3H,1-2H3;1H3;;/q;3*-1;;. The Morgan fingerprint density at radius 3 is 1.48 bits per heavy atom. The summed E-state index contributed by atoms with van der Waals surface area (Å²) in [5, 5.41) is 0. The summed E-state index contributed by atoms with van der Waals surface area (Å²) in [7, 11) is 0. The average Bonchev–Trinajstić information content (AvgIpc) is 2.14. The predicted octanol–water partition coefficient (Wildman–Crippen LogP) is 6.19. The van der Waals surface area contributed by atoms with Crippen LogP contribution in [-0.2, 0) is 58.6 Å². The van der Waals surface area contributed by atoms with Crippen molar-refractivity contribution in [3.8, 4) is 0 Å². The molecule has 3 heteroatoms. The minimum absolute atomic E-state index is 0. The van der Waals surface area contributed by atoms with Gasteiger partial charge in [0, 0.05) is 66.6 Å². The summed E-state index contributed by atoms with van der Waals surface area (Å²) in [6.07, 6.45) is 4.58. The van der Waals surface area contributed by atoms with Gasteiger partial charge in [0.15, 0.2) is 0 Å². The molecule has 21 heavy (non-hydrogen) atoms. The third-order valence-corrected chi connectivity index (χ3v) is 1.64. The van der Waals surface area contributed by atoms with Gasteiger partial charge in [0.2, 0.25) is 0 Å². The van der Waals surface area contributed by atoms with Crippen molar-refractivity contribution in [2.45, 2.75) is 74.7 Å². The third-order valence-electron chi connectivity index (χ3n) is 1.64. The van der Waals surface area contributed by atoms with Crippen molar-refractivity contribution in [3.05, 3.63) is 20.8 Å². The first kappa shape index (κ1) is 38.2. The Bertz CT molecular complexity index is 166. The van der Waals surface area contributed by atoms with Gasteiger partial charge in [-0.1, -0.05) is 41.5 Å². The number of rotatable bonds is 5. The Hall–Kier alpha value is 1.46. The molecule has 0 spiro atoms. The molecule has 0 fully saturated rings. The van der Waals surface area contributed by atoms with Crippen LogP contribution >= 0.6 is 0 Å². The first-order valence-corrected chi connectivity index (χ1v) is 7.25. The van der Waals surface area contributed by atoms with Crippen LogP contribution in [-0.4, -0.2) is 5.78 Å². The van der Waals surface area contributed by atoms with Crippen LogP contribution in [0.25, 0.3) is 0 Å². The number of carbonyl (C=O) groups is 1. The molecule has 0 aromatic rings. The fraction of sp³-hybridized carbons (Fsp3) is 0.778. The van der Waals surface area contributed by atoms with Gasteiger partial charge in [-0.3, -0.25) is 4.79 Å². The molecule has 0 aromatic heterocycles. The van der Waals surface area contributed by atoms with Gasteiger partial charge in [-0.2, -0.15) is 19.8 Å². The van der Waals surface area contributed by atoms with Crippen molar-refractivity contribution < 1.29 is 58.6 Å². The van der Waals surface area contributed by atoms with E-state index in [1.165, 1.54) is 0 Å². The smallest absolute Gasteiger partial charge is 0.133 e. The molecule has 1 radical (unpaired) electrons. The van der Waals surface area contributed by atoms with Gasteiger partial charge in [-0.25, -0.2) is 0 Å². The van der Waals surface area contributed by atoms with Gasteiger partial charge >= 0.3 is 0 Å². The molecular weight excluding hydrogens is 505 g/mol. The van der Waals surface area contributed by atoms with E-state index in [2.05, 4.69) is 48.5 Å². The Morgan fingerprint density at radius 1 is 1.00 bits per heavy atom. The Kier molecular flexibility index (Phi) is 53.6. The zero-order chi connectivity index (χ0) is 15.1. The number of carbonyl (C=O) groups excluding carboxylic acids is 1. The Labute approximate surface area is 176 Å². The van der Waals surface area contributed by atoms with Crippen molar-refractivity contribution in [1.82, 2.24) is 0 Å². The van der Waals surface area contributed by atoms with Crippen LogP contribution in [0.5, 0.6) is 0 Å². The molecule has 0 saturated carbocycles. The van der Waals surface area contributed by atoms with E-state index in [9.17, 15) is 4.79 Å². The molecule has 0 rings (SSSR count). The maximum absolute atomic E-state index is 11.2. The molecule has 0 aliphatic heterocycles. The zero-order valence-electron chi connectivity index (χ0n) is 16.0. The molecule has 0 aromatic carbocycles. The van der Waals surface area contributed by atoms with Gasteiger partial charge in [-0.15, -0.1) is 0 Å². The number of Topliss-reactive ketones (excluding diaryl/α,β-unsaturated/α-hetero) is 1. The first-order chi connectivity index (χ1) is 8.17. The second-order valence-corrected chi connectivity index (χ2v) is 6.04. The molecule has 129 valence electrons. The van der Waals surface area contributed by atoms with Gasteiger partial charge in [0.1, 0.15) is 5.78 Å². The predicted molar refractivity (Wildman–Crippen MR) is 90.8 cm³/mol. The van der Waals surface area contributed by atoms with Crippen LogP contribution in [0.2, 0.25) is 0 Å². The molecular formula is C18H39OWY-3. The summed E-state index contributed by atoms with van der Waals surface area (Å²) in [5.41, 5.74) is 0. The van der Waals surface area contributed by atoms with Crippen LogP contribution in [0, 0.1) is 38.5 Å². The molecule has 0 bridgehead atoms. The monoisotopic (exact) mass is 544 g/mol. The SMILES string of the molecule is CC(C)CCC(=O)CC(C)C.C[CH-]C.[CH2-]C(C)C.[CH3-].[W].[Y]. The van der Waals surface area contributed by atoms with Crippen LogP contribution in [0.15, 0.2) is 0 Å². The van der Waals surface area contributed by atoms with Crippen molar-refractivity contribution in [2.24, 2.45) is 17.8 Å². The summed E-state index contributed by atoms with van der Waals surface area (Å²) >= 11 is 0. The fourth-order valence-electron chi connectivity index (χ4n) is 1.01. The number of hydrogen-bond donors (Lipinski definition) is 0. The largest absolute Gasteiger partial charge is 0.358 e. The van der Waals surface area contributed by atoms with Crippen LogP contribution in [0.4, 0.5) is 0 Å². The summed E-state index contributed by atoms with van der Waals surface area (Å²) in [6, 6.07) is 0. The maximum atomic E-state index is 11.2. The van der Waals surface area contributed by atoms with E-state index in [1.54, 1.807) is 0 Å². The van der Waals surface area contributed by atoms with Crippen molar-refractivity contribution in [3.63, 3.8) is 0 Å². The quantitative estimate of drug-likeness (QED) is 0.378. The Morgan fingerprint density at radius 2 is 1.29 bits per heavy atom. The van der Waals surface area contributed by atoms with Crippen LogP contribution in [0.1, 0.15) is 74.7 Å². The normalized spacial score (nSPS) is 8.38. The van der Waals surface area contributed by atoms with E-state index >= 15 is 0 Å². The zero-order valence-corrected chi connectivity index (χ0v) is 21.8. The molecule has 1 nitrogen and oxygen atoms in total. The maximum Gasteiger partial charge on any atom is 0.133 e. The van der Waals surface area contributed by atoms with E-state index in [0.717, 1.165) is 19.3 Å². The van der Waals surface area contributed by atoms with E-state index in [4.69, 9.17) is 0 Å². The minimum Gasteiger partial charge on any atom is -0.358 e. The molecule has 0 atom stereocenters. The van der Waals surface area contributed by atoms with Gasteiger partial charge in [-0.05, 0) is 18.3 Å². The molecule has 0 N–H and O–H groups in total. The molecule has 0 amide bonds. The number of hydrogen-bond acceptors (Lipinski definition) is 1. The minimum atomic E-state index is 0. The van der Waals surface area contributed by atoms with Crippen molar-refractivity contribution >= 4 is 5.78 Å². The average molecular weight is 544 g/mol. The first-order valence-electron chi connectivity index (χ1n) is 7.25. The fourth-order valence-corrected chi connectivity index (χ4v) is 1.01. The second kappa shape index (κ2) is 29.5. The van der Waals surface area contributed by atoms with Gasteiger partial charge < -0.3 is 20.8 Å². The second-order valence-electron chi connectivity index (χ2n) is 6.04. The third kappa shape index (κ3) is 74.3. The van der Waals surface area contributed by atoms with Gasteiger partial charge in [0.25, 0.3) is 0 Å². The van der Waals surface area contributed by atoms with E-state index in [-0.39, 0.29) is 61.2 Å². The van der Waals surface area contributed by atoms with E-state index in [1.807, 2.05) is 20.3 Å². The van der Waals surface area contributed by atoms with Crippen molar-refractivity contribution in [2.75, 3.05) is 0 Å². The van der Waals surface area contributed by atoms with Gasteiger partial charge in [0.05, 0.1) is 0 Å². The molecule has 0 unspecified atom stereocenters. The summed E-state index contributed by atoms with van der Waals surface area (Å²) in [4.78, 5) is 11.2. The summed E-state index contributed by atoms with van der Waals surface area (Å²) in [6.45, 7) is 20.2. The van der Waals surface area contributed by atoms with E-state index in [0.29, 0.717) is 23.5 Å². The Balaban J connectivity index is -0.0000000483. The molecule has 0 saturated heterocycles. The van der Waals surface area contributed by atoms with Crippen molar-refractivity contribution in [1.29, 1.82) is 0 Å². The summed E-state index contributed by atoms with van der Waals surface area (Å²) in [5.74, 6) is 2.19. The molecule has 0 aliphatic carbocycles. The van der Waals surface area contributed by atoms with Crippen LogP contribution < -0.4 is 0 Å².